The van der Waals surface area contributed by atoms with E-state index < -0.39 is 38.0 Å². The Kier molecular flexibility index (Phi) is 13.8. The van der Waals surface area contributed by atoms with Crippen LogP contribution in [0.4, 0.5) is 5.82 Å². The number of nitrogens with two attached hydrogens (primary N) is 1. The first-order valence-electron chi connectivity index (χ1n) is 16.2. The van der Waals surface area contributed by atoms with Gasteiger partial charge in [-0.2, -0.15) is 4.98 Å². The molecule has 3 aromatic carbocycles. The number of hydrogen-bond donors (Lipinski definition) is 2. The molecule has 0 spiro atoms. The first-order valence-corrected chi connectivity index (χ1v) is 17.4. The molecule has 0 saturated carbocycles. The van der Waals surface area contributed by atoms with Gasteiger partial charge in [-0.25, -0.2) is 4.79 Å². The zero-order valence-corrected chi connectivity index (χ0v) is 29.5. The van der Waals surface area contributed by atoms with Gasteiger partial charge in [0.15, 0.2) is 0 Å². The summed E-state index contributed by atoms with van der Waals surface area (Å²) in [6.45, 7) is 10.1. The van der Waals surface area contributed by atoms with Crippen LogP contribution in [0.5, 0.6) is 11.5 Å². The van der Waals surface area contributed by atoms with Gasteiger partial charge in [0, 0.05) is 17.2 Å². The maximum absolute atomic E-state index is 12.5. The lowest BCUT2D eigenvalue weighted by Crippen LogP contribution is -2.38. The van der Waals surface area contributed by atoms with Crippen molar-refractivity contribution in [3.05, 3.63) is 118 Å². The molecule has 13 heteroatoms. The molecule has 4 atom stereocenters. The van der Waals surface area contributed by atoms with Crippen molar-refractivity contribution in [3.8, 4) is 11.5 Å². The zero-order chi connectivity index (χ0) is 35.4. The standard InChI is InChI=1S/C30H30N3O8P.C6H15N/c1-37-23-12-8-21(9-13-23)30(20-6-4-3-5-7-20,22-10-14-24(38-2)15-11-22)39-19-26-25(41-42(35)36)18-28(40-26)33-17-16-27(31)32-29(33)34;1-4-7(5-2)6-3/h3-17,25-26,28H,18-19H2,1-2H3,(H2-,31,32,34,35,36);4-6H2,1-3H3/p+1/t25-,26+,28+;/m0./s1. The number of anilines is 1. The molecule has 0 aliphatic carbocycles. The van der Waals surface area contributed by atoms with Crippen LogP contribution in [0.15, 0.2) is 95.9 Å². The van der Waals surface area contributed by atoms with Crippen LogP contribution in [0, 0.1) is 0 Å². The molecule has 4 aromatic rings. The highest BCUT2D eigenvalue weighted by Crippen LogP contribution is 2.43. The van der Waals surface area contributed by atoms with Gasteiger partial charge in [0.25, 0.3) is 0 Å². The molecule has 12 nitrogen and oxygen atoms in total. The Morgan fingerprint density at radius 1 is 0.898 bits per heavy atom. The molecule has 1 unspecified atom stereocenters. The van der Waals surface area contributed by atoms with Crippen molar-refractivity contribution in [2.45, 2.75) is 51.2 Å². The third-order valence-corrected chi connectivity index (χ3v) is 9.00. The molecule has 2 heterocycles. The molecule has 0 radical (unpaired) electrons. The van der Waals surface area contributed by atoms with Crippen molar-refractivity contribution >= 4 is 14.1 Å². The van der Waals surface area contributed by atoms with E-state index in [2.05, 4.69) is 30.7 Å². The van der Waals surface area contributed by atoms with Gasteiger partial charge in [-0.3, -0.25) is 4.57 Å². The van der Waals surface area contributed by atoms with Gasteiger partial charge >= 0.3 is 13.9 Å². The second-order valence-corrected chi connectivity index (χ2v) is 11.9. The van der Waals surface area contributed by atoms with Gasteiger partial charge in [0.1, 0.15) is 41.4 Å². The predicted octanol–water partition coefficient (Wildman–Crippen LogP) is 5.52. The van der Waals surface area contributed by atoms with Crippen LogP contribution in [0.25, 0.3) is 0 Å². The van der Waals surface area contributed by atoms with Crippen molar-refractivity contribution in [2.75, 3.05) is 46.2 Å². The van der Waals surface area contributed by atoms with Crippen molar-refractivity contribution in [3.63, 3.8) is 0 Å². The van der Waals surface area contributed by atoms with E-state index >= 15 is 0 Å². The largest absolute Gasteiger partial charge is 0.695 e. The Hall–Kier alpha value is -4.16. The second kappa shape index (κ2) is 18.0. The average Bonchev–Trinajstić information content (AvgIpc) is 3.51. The highest BCUT2D eigenvalue weighted by Gasteiger charge is 2.46. The lowest BCUT2D eigenvalue weighted by Gasteiger charge is -2.37. The van der Waals surface area contributed by atoms with Gasteiger partial charge in [-0.05, 0) is 66.7 Å². The minimum Gasteiger partial charge on any atom is -0.497 e. The summed E-state index contributed by atoms with van der Waals surface area (Å²) in [5, 5.41) is 0. The molecule has 1 aliphatic heterocycles. The number of hydrogen-bond acceptors (Lipinski definition) is 10. The van der Waals surface area contributed by atoms with E-state index in [9.17, 15) is 14.3 Å². The molecular formula is C36H46N4O8P+. The van der Waals surface area contributed by atoms with Crippen LogP contribution in [0.2, 0.25) is 0 Å². The van der Waals surface area contributed by atoms with E-state index in [1.54, 1.807) is 14.2 Å². The molecule has 1 saturated heterocycles. The SMILES string of the molecule is CCN(CC)CC.COc1ccc(C(OC[C@H]2O[C@@H](n3ccc(N)nc3=O)C[C@@H]2O[P+](=O)O)(c2ccccc2)c2ccc(OC)cc2)cc1. The summed E-state index contributed by atoms with van der Waals surface area (Å²) in [6.07, 6.45) is -0.895. The topological polar surface area (TPSA) is 148 Å². The van der Waals surface area contributed by atoms with Gasteiger partial charge in [0.05, 0.1) is 20.8 Å². The Morgan fingerprint density at radius 2 is 1.43 bits per heavy atom. The van der Waals surface area contributed by atoms with Crippen LogP contribution in [-0.2, 0) is 24.2 Å². The third kappa shape index (κ3) is 9.30. The second-order valence-electron chi connectivity index (χ2n) is 11.2. The van der Waals surface area contributed by atoms with E-state index in [-0.39, 0.29) is 18.8 Å². The summed E-state index contributed by atoms with van der Waals surface area (Å²) in [7, 11) is 0.240. The summed E-state index contributed by atoms with van der Waals surface area (Å²) in [4.78, 5) is 28.3. The molecule has 0 amide bonds. The number of benzene rings is 3. The van der Waals surface area contributed by atoms with E-state index in [0.717, 1.165) is 16.7 Å². The number of aromatic nitrogens is 2. The average molecular weight is 694 g/mol. The van der Waals surface area contributed by atoms with Crippen molar-refractivity contribution in [2.24, 2.45) is 0 Å². The minimum atomic E-state index is -2.96. The number of methoxy groups -OCH3 is 2. The molecule has 1 aliphatic rings. The molecule has 49 heavy (non-hydrogen) atoms. The van der Waals surface area contributed by atoms with Crippen LogP contribution in [0.3, 0.4) is 0 Å². The minimum absolute atomic E-state index is 0.0611. The number of nitrogen functional groups attached to an aromatic ring is 1. The smallest absolute Gasteiger partial charge is 0.497 e. The molecule has 1 fully saturated rings. The third-order valence-electron chi connectivity index (χ3n) is 8.55. The molecule has 5 rings (SSSR count). The highest BCUT2D eigenvalue weighted by atomic mass is 31.1. The molecule has 1 aromatic heterocycles. The highest BCUT2D eigenvalue weighted by molar-refractivity contribution is 7.32. The van der Waals surface area contributed by atoms with E-state index in [0.29, 0.717) is 11.5 Å². The Morgan fingerprint density at radius 3 is 1.88 bits per heavy atom. The number of nitrogens with zero attached hydrogens (tertiary/aromatic N) is 3. The van der Waals surface area contributed by atoms with Gasteiger partial charge in [-0.1, -0.05) is 75.4 Å². The molecule has 0 bridgehead atoms. The summed E-state index contributed by atoms with van der Waals surface area (Å²) in [5.74, 6) is 1.44. The normalized spacial score (nSPS) is 17.7. The maximum Gasteiger partial charge on any atom is 0.695 e. The summed E-state index contributed by atoms with van der Waals surface area (Å²) >= 11 is 0. The van der Waals surface area contributed by atoms with E-state index in [4.69, 9.17) is 29.2 Å². The lowest BCUT2D eigenvalue weighted by atomic mass is 9.80. The first kappa shape index (κ1) is 37.7. The predicted molar refractivity (Wildman–Crippen MR) is 188 cm³/mol. The zero-order valence-electron chi connectivity index (χ0n) is 28.6. The van der Waals surface area contributed by atoms with Crippen LogP contribution in [-0.4, -0.2) is 72.0 Å². The fourth-order valence-corrected chi connectivity index (χ4v) is 6.30. The maximum atomic E-state index is 12.5. The number of ether oxygens (including phenoxy) is 4. The van der Waals surface area contributed by atoms with Crippen LogP contribution < -0.4 is 20.9 Å². The summed E-state index contributed by atoms with van der Waals surface area (Å²) < 4.78 is 42.3. The Labute approximate surface area is 288 Å². The van der Waals surface area contributed by atoms with Crippen molar-refractivity contribution in [1.82, 2.24) is 14.5 Å². The van der Waals surface area contributed by atoms with E-state index in [1.165, 1.54) is 36.5 Å². The van der Waals surface area contributed by atoms with Gasteiger partial charge in [-0.15, -0.1) is 9.42 Å². The summed E-state index contributed by atoms with van der Waals surface area (Å²) in [5.41, 5.74) is 6.34. The number of rotatable bonds is 14. The van der Waals surface area contributed by atoms with Gasteiger partial charge < -0.3 is 29.6 Å². The monoisotopic (exact) mass is 693 g/mol. The Balaban J connectivity index is 0.000000698. The van der Waals surface area contributed by atoms with Crippen LogP contribution in [0.1, 0.15) is 50.1 Å². The summed E-state index contributed by atoms with van der Waals surface area (Å²) in [6, 6.07) is 26.3. The molecule has 3 N–H and O–H groups in total. The Bertz CT molecular complexity index is 1610. The van der Waals surface area contributed by atoms with E-state index in [1.807, 2.05) is 78.9 Å². The quantitative estimate of drug-likeness (QED) is 0.127. The lowest BCUT2D eigenvalue weighted by molar-refractivity contribution is -0.0917. The van der Waals surface area contributed by atoms with Gasteiger partial charge in [0.2, 0.25) is 0 Å². The first-order chi connectivity index (χ1) is 23.7. The van der Waals surface area contributed by atoms with Crippen molar-refractivity contribution < 1.29 is 32.9 Å². The molecular weight excluding hydrogens is 647 g/mol. The fourth-order valence-electron chi connectivity index (χ4n) is 5.85. The molecule has 262 valence electrons. The van der Waals surface area contributed by atoms with Crippen LogP contribution >= 0.6 is 8.25 Å². The van der Waals surface area contributed by atoms with Crippen molar-refractivity contribution in [1.29, 1.82) is 0 Å². The fraction of sp³-hybridized carbons (Fsp3) is 0.389.